The van der Waals surface area contributed by atoms with E-state index in [1.165, 1.54) is 22.0 Å². The number of fused-ring (bicyclic) bond motifs is 1. The average molecular weight is 615 g/mol. The van der Waals surface area contributed by atoms with Gasteiger partial charge in [-0.05, 0) is 74.7 Å². The molecule has 2 heterocycles. The van der Waals surface area contributed by atoms with Gasteiger partial charge in [0.1, 0.15) is 6.61 Å². The molecule has 1 aliphatic rings. The number of ether oxygens (including phenoxy) is 4. The number of aromatic nitrogens is 1. The van der Waals surface area contributed by atoms with Crippen molar-refractivity contribution in [1.82, 2.24) is 4.57 Å². The molecule has 0 radical (unpaired) electrons. The van der Waals surface area contributed by atoms with Crippen LogP contribution in [0.4, 0.5) is 0 Å². The fourth-order valence-electron chi connectivity index (χ4n) is 4.93. The highest BCUT2D eigenvalue weighted by Gasteiger charge is 2.34. The Morgan fingerprint density at radius 2 is 1.82 bits per heavy atom. The summed E-state index contributed by atoms with van der Waals surface area (Å²) in [5.74, 6) is 0.766. The van der Waals surface area contributed by atoms with Crippen molar-refractivity contribution in [2.45, 2.75) is 46.4 Å². The van der Waals surface area contributed by atoms with Crippen LogP contribution in [-0.2, 0) is 16.1 Å². The molecule has 0 saturated heterocycles. The Labute approximate surface area is 258 Å². The minimum absolute atomic E-state index is 0.0135. The molecule has 4 aromatic rings. The van der Waals surface area contributed by atoms with Crippen molar-refractivity contribution in [1.29, 1.82) is 0 Å². The summed E-state index contributed by atoms with van der Waals surface area (Å²) in [4.78, 5) is 32.6. The zero-order valence-electron chi connectivity index (χ0n) is 25.2. The minimum atomic E-state index is -0.824. The lowest BCUT2D eigenvalue weighted by atomic mass is 9.95. The third-order valence-electron chi connectivity index (χ3n) is 6.91. The van der Waals surface area contributed by atoms with Gasteiger partial charge in [0.15, 0.2) is 27.8 Å². The fraction of sp³-hybridized carbons (Fsp3) is 0.265. The van der Waals surface area contributed by atoms with E-state index in [2.05, 4.69) is 4.99 Å². The largest absolute Gasteiger partial charge is 0.504 e. The Hall–Kier alpha value is -4.83. The van der Waals surface area contributed by atoms with Gasteiger partial charge in [-0.1, -0.05) is 53.8 Å². The highest BCUT2D eigenvalue weighted by atomic mass is 32.1. The lowest BCUT2D eigenvalue weighted by Gasteiger charge is -2.26. The van der Waals surface area contributed by atoms with Crippen molar-refractivity contribution >= 4 is 23.4 Å². The minimum Gasteiger partial charge on any atom is -0.504 e. The third-order valence-corrected chi connectivity index (χ3v) is 7.89. The average Bonchev–Trinajstić information content (AvgIpc) is 3.30. The van der Waals surface area contributed by atoms with E-state index in [4.69, 9.17) is 18.9 Å². The molecule has 1 atom stereocenters. The van der Waals surface area contributed by atoms with Crippen molar-refractivity contribution in [3.05, 3.63) is 114 Å². The van der Waals surface area contributed by atoms with E-state index < -0.39 is 12.0 Å². The Morgan fingerprint density at radius 3 is 2.52 bits per heavy atom. The summed E-state index contributed by atoms with van der Waals surface area (Å²) in [5, 5.41) is 10.1. The second-order valence-corrected chi connectivity index (χ2v) is 11.4. The van der Waals surface area contributed by atoms with Crippen LogP contribution in [0.1, 0.15) is 50.4 Å². The number of hydrogen-bond acceptors (Lipinski definition) is 9. The normalized spacial score (nSPS) is 14.7. The first kappa shape index (κ1) is 30.6. The maximum atomic E-state index is 14.0. The summed E-state index contributed by atoms with van der Waals surface area (Å²) >= 11 is 1.21. The predicted molar refractivity (Wildman–Crippen MR) is 168 cm³/mol. The number of benzene rings is 3. The molecule has 9 nitrogen and oxygen atoms in total. The molecule has 1 N–H and O–H groups in total. The van der Waals surface area contributed by atoms with Gasteiger partial charge in [0, 0.05) is 0 Å². The first-order valence-corrected chi connectivity index (χ1v) is 15.1. The second-order valence-electron chi connectivity index (χ2n) is 10.4. The number of esters is 1. The Bertz CT molecular complexity index is 1890. The van der Waals surface area contributed by atoms with Crippen LogP contribution in [0.2, 0.25) is 0 Å². The van der Waals surface area contributed by atoms with Gasteiger partial charge >= 0.3 is 5.97 Å². The maximum Gasteiger partial charge on any atom is 0.338 e. The van der Waals surface area contributed by atoms with E-state index in [1.807, 2.05) is 43.3 Å². The molecule has 0 amide bonds. The van der Waals surface area contributed by atoms with Crippen LogP contribution in [0.25, 0.3) is 6.08 Å². The van der Waals surface area contributed by atoms with Gasteiger partial charge in [0.2, 0.25) is 0 Å². The van der Waals surface area contributed by atoms with Gasteiger partial charge in [-0.15, -0.1) is 0 Å². The van der Waals surface area contributed by atoms with E-state index in [-0.39, 0.29) is 23.0 Å². The Balaban J connectivity index is 1.62. The van der Waals surface area contributed by atoms with Gasteiger partial charge in [-0.2, -0.15) is 0 Å². The molecule has 0 saturated carbocycles. The molecule has 1 unspecified atom stereocenters. The summed E-state index contributed by atoms with van der Waals surface area (Å²) < 4.78 is 24.8. The van der Waals surface area contributed by atoms with Crippen molar-refractivity contribution in [2.24, 2.45) is 4.99 Å². The van der Waals surface area contributed by atoms with Crippen LogP contribution in [0.3, 0.4) is 0 Å². The molecule has 1 aliphatic heterocycles. The maximum absolute atomic E-state index is 14.0. The summed E-state index contributed by atoms with van der Waals surface area (Å²) in [7, 11) is 1.54. The van der Waals surface area contributed by atoms with Crippen LogP contribution in [0.5, 0.6) is 23.0 Å². The summed E-state index contributed by atoms with van der Waals surface area (Å²) in [6.07, 6.45) is 1.35. The Kier molecular flexibility index (Phi) is 9.20. The van der Waals surface area contributed by atoms with E-state index in [0.717, 1.165) is 5.56 Å². The highest BCUT2D eigenvalue weighted by molar-refractivity contribution is 7.07. The van der Waals surface area contributed by atoms with Crippen LogP contribution in [-0.4, -0.2) is 35.5 Å². The van der Waals surface area contributed by atoms with Gasteiger partial charge in [-0.3, -0.25) is 9.36 Å². The fourth-order valence-corrected chi connectivity index (χ4v) is 5.97. The molecule has 1 aromatic heterocycles. The Morgan fingerprint density at radius 1 is 1.05 bits per heavy atom. The number of hydrogen-bond donors (Lipinski definition) is 1. The number of allylic oxidation sites excluding steroid dienone is 1. The van der Waals surface area contributed by atoms with E-state index >= 15 is 0 Å². The molecule has 5 rings (SSSR count). The van der Waals surface area contributed by atoms with Crippen LogP contribution in [0.15, 0.2) is 87.8 Å². The van der Waals surface area contributed by atoms with Crippen molar-refractivity contribution in [3.8, 4) is 23.0 Å². The van der Waals surface area contributed by atoms with Gasteiger partial charge in [-0.25, -0.2) is 9.79 Å². The van der Waals surface area contributed by atoms with Gasteiger partial charge < -0.3 is 24.1 Å². The smallest absolute Gasteiger partial charge is 0.338 e. The molecule has 0 bridgehead atoms. The first-order chi connectivity index (χ1) is 21.2. The number of carbonyl (C=O) groups excluding carboxylic acids is 1. The molecular weight excluding hydrogens is 580 g/mol. The number of rotatable bonds is 10. The monoisotopic (exact) mass is 614 g/mol. The molecule has 228 valence electrons. The lowest BCUT2D eigenvalue weighted by Crippen LogP contribution is -2.40. The standard InChI is InChI=1S/C34H34N2O7S/c1-6-41-27-16-23(12-14-25(27)37)17-29-32(38)36-31(30(33(39)43-20(2)3)21(4)35-34(36)44-29)24-13-15-26(28(18-24)40-5)42-19-22-10-8-7-9-11-22/h7-18,20,31,37H,6,19H2,1-5H3/b29-17-. The topological polar surface area (TPSA) is 109 Å². The summed E-state index contributed by atoms with van der Waals surface area (Å²) in [6, 6.07) is 19.2. The summed E-state index contributed by atoms with van der Waals surface area (Å²) in [5.41, 5.74) is 2.71. The summed E-state index contributed by atoms with van der Waals surface area (Å²) in [6.45, 7) is 7.84. The molecule has 0 aliphatic carbocycles. The SMILES string of the molecule is CCOc1cc(/C=c2\sc3n(c2=O)C(c2ccc(OCc4ccccc4)c(OC)c2)C(C(=O)OC(C)C)=C(C)N=3)ccc1O. The van der Waals surface area contributed by atoms with Crippen molar-refractivity contribution in [2.75, 3.05) is 13.7 Å². The second kappa shape index (κ2) is 13.2. The van der Waals surface area contributed by atoms with E-state index in [1.54, 1.807) is 58.2 Å². The number of aromatic hydroxyl groups is 1. The molecule has 0 spiro atoms. The number of phenols is 1. The zero-order valence-corrected chi connectivity index (χ0v) is 26.0. The van der Waals surface area contributed by atoms with Gasteiger partial charge in [0.25, 0.3) is 5.56 Å². The molecule has 44 heavy (non-hydrogen) atoms. The van der Waals surface area contributed by atoms with E-state index in [0.29, 0.717) is 56.6 Å². The highest BCUT2D eigenvalue weighted by Crippen LogP contribution is 2.36. The molecule has 0 fully saturated rings. The zero-order chi connectivity index (χ0) is 31.4. The number of nitrogens with zero attached hydrogens (tertiary/aromatic N) is 2. The quantitative estimate of drug-likeness (QED) is 0.254. The first-order valence-electron chi connectivity index (χ1n) is 14.2. The molecule has 3 aromatic carbocycles. The third kappa shape index (κ3) is 6.40. The number of methoxy groups -OCH3 is 1. The van der Waals surface area contributed by atoms with Crippen LogP contribution in [0, 0.1) is 0 Å². The lowest BCUT2D eigenvalue weighted by molar-refractivity contribution is -0.143. The number of phenolic OH excluding ortho intramolecular Hbond substituents is 1. The predicted octanol–water partition coefficient (Wildman–Crippen LogP) is 4.88. The van der Waals surface area contributed by atoms with Crippen LogP contribution < -0.4 is 29.1 Å². The van der Waals surface area contributed by atoms with E-state index in [9.17, 15) is 14.7 Å². The van der Waals surface area contributed by atoms with Gasteiger partial charge in [0.05, 0.1) is 41.7 Å². The molecular formula is C34H34N2O7S. The van der Waals surface area contributed by atoms with Crippen LogP contribution >= 0.6 is 11.3 Å². The number of thiazole rings is 1. The number of carbonyl (C=O) groups is 1. The van der Waals surface area contributed by atoms with Crippen molar-refractivity contribution in [3.63, 3.8) is 0 Å². The van der Waals surface area contributed by atoms with Crippen molar-refractivity contribution < 1.29 is 28.8 Å². The molecule has 10 heteroatoms.